The summed E-state index contributed by atoms with van der Waals surface area (Å²) in [5.74, 6) is 0. The topological polar surface area (TPSA) is 21.3 Å². The molecule has 0 aromatic carbocycles. The van der Waals surface area contributed by atoms with Gasteiger partial charge in [0.25, 0.3) is 0 Å². The summed E-state index contributed by atoms with van der Waals surface area (Å²) in [6, 6.07) is 0. The normalized spacial score (nSPS) is 18.0. The van der Waals surface area contributed by atoms with E-state index in [-0.39, 0.29) is 5.60 Å². The predicted molar refractivity (Wildman–Crippen MR) is 74.5 cm³/mol. The molecule has 0 amide bonds. The monoisotopic (exact) mass is 241 g/mol. The molecule has 1 saturated carbocycles. The maximum absolute atomic E-state index is 5.58. The van der Waals surface area contributed by atoms with Crippen LogP contribution in [-0.4, -0.2) is 25.8 Å². The number of ether oxygens (including phenoxy) is 1. The number of unbranched alkanes of at least 4 members (excludes halogenated alkanes) is 6. The van der Waals surface area contributed by atoms with Crippen molar-refractivity contribution in [2.24, 2.45) is 0 Å². The van der Waals surface area contributed by atoms with Crippen molar-refractivity contribution in [3.05, 3.63) is 0 Å². The maximum atomic E-state index is 5.58. The van der Waals surface area contributed by atoms with Crippen LogP contribution in [0.2, 0.25) is 0 Å². The highest BCUT2D eigenvalue weighted by molar-refractivity contribution is 4.91. The Morgan fingerprint density at radius 1 is 1.00 bits per heavy atom. The van der Waals surface area contributed by atoms with Gasteiger partial charge in [0.1, 0.15) is 0 Å². The van der Waals surface area contributed by atoms with Crippen LogP contribution in [0.1, 0.15) is 71.1 Å². The van der Waals surface area contributed by atoms with Crippen LogP contribution < -0.4 is 5.32 Å². The summed E-state index contributed by atoms with van der Waals surface area (Å²) in [6.07, 6.45) is 13.6. The zero-order valence-corrected chi connectivity index (χ0v) is 11.9. The molecule has 0 bridgehead atoms. The summed E-state index contributed by atoms with van der Waals surface area (Å²) in [4.78, 5) is 0. The summed E-state index contributed by atoms with van der Waals surface area (Å²) < 4.78 is 5.58. The van der Waals surface area contributed by atoms with Gasteiger partial charge >= 0.3 is 0 Å². The van der Waals surface area contributed by atoms with Crippen molar-refractivity contribution in [1.82, 2.24) is 5.32 Å². The van der Waals surface area contributed by atoms with Crippen LogP contribution in [0.25, 0.3) is 0 Å². The molecule has 0 aromatic heterocycles. The molecule has 1 aliphatic rings. The first-order chi connectivity index (χ1) is 8.33. The quantitative estimate of drug-likeness (QED) is 0.554. The molecular formula is C15H31NO. The van der Waals surface area contributed by atoms with Crippen LogP contribution in [0, 0.1) is 0 Å². The van der Waals surface area contributed by atoms with Crippen LogP contribution >= 0.6 is 0 Å². The van der Waals surface area contributed by atoms with Gasteiger partial charge in [-0.25, -0.2) is 0 Å². The second kappa shape index (κ2) is 8.93. The van der Waals surface area contributed by atoms with E-state index in [1.807, 2.05) is 7.11 Å². The lowest BCUT2D eigenvalue weighted by Crippen LogP contribution is -2.48. The van der Waals surface area contributed by atoms with Crippen molar-refractivity contribution >= 4 is 0 Å². The van der Waals surface area contributed by atoms with Gasteiger partial charge in [0.2, 0.25) is 0 Å². The van der Waals surface area contributed by atoms with Crippen molar-refractivity contribution < 1.29 is 4.74 Å². The molecular weight excluding hydrogens is 210 g/mol. The third-order valence-electron chi connectivity index (χ3n) is 4.10. The van der Waals surface area contributed by atoms with E-state index in [9.17, 15) is 0 Å². The third kappa shape index (κ3) is 5.87. The van der Waals surface area contributed by atoms with Crippen molar-refractivity contribution in [3.63, 3.8) is 0 Å². The minimum absolute atomic E-state index is 0.196. The molecule has 0 unspecified atom stereocenters. The number of nitrogens with one attached hydrogen (secondary N) is 1. The second-order valence-electron chi connectivity index (χ2n) is 5.54. The van der Waals surface area contributed by atoms with Gasteiger partial charge in [-0.3, -0.25) is 0 Å². The lowest BCUT2D eigenvalue weighted by molar-refractivity contribution is -0.0692. The van der Waals surface area contributed by atoms with E-state index in [0.29, 0.717) is 0 Å². The minimum Gasteiger partial charge on any atom is -0.377 e. The molecule has 0 radical (unpaired) electrons. The highest BCUT2D eigenvalue weighted by Gasteiger charge is 2.36. The van der Waals surface area contributed by atoms with Gasteiger partial charge < -0.3 is 10.1 Å². The number of hydrogen-bond donors (Lipinski definition) is 1. The van der Waals surface area contributed by atoms with Crippen LogP contribution in [0.5, 0.6) is 0 Å². The van der Waals surface area contributed by atoms with E-state index in [4.69, 9.17) is 4.74 Å². The Bertz CT molecular complexity index is 172. The Morgan fingerprint density at radius 2 is 1.65 bits per heavy atom. The number of rotatable bonds is 11. The van der Waals surface area contributed by atoms with E-state index in [1.54, 1.807) is 0 Å². The third-order valence-corrected chi connectivity index (χ3v) is 4.10. The molecule has 0 aromatic rings. The first kappa shape index (κ1) is 15.0. The largest absolute Gasteiger partial charge is 0.377 e. The van der Waals surface area contributed by atoms with Gasteiger partial charge in [-0.05, 0) is 32.2 Å². The molecule has 17 heavy (non-hydrogen) atoms. The fourth-order valence-electron chi connectivity index (χ4n) is 2.55. The number of methoxy groups -OCH3 is 1. The second-order valence-corrected chi connectivity index (χ2v) is 5.54. The van der Waals surface area contributed by atoms with Crippen molar-refractivity contribution in [3.8, 4) is 0 Å². The standard InChI is InChI=1S/C15H31NO/c1-3-4-5-6-7-8-9-13-16-14-15(17-2)11-10-12-15/h16H,3-14H2,1-2H3. The molecule has 2 nitrogen and oxygen atoms in total. The maximum Gasteiger partial charge on any atom is 0.0802 e. The van der Waals surface area contributed by atoms with Gasteiger partial charge in [0, 0.05) is 13.7 Å². The zero-order valence-electron chi connectivity index (χ0n) is 11.9. The molecule has 102 valence electrons. The van der Waals surface area contributed by atoms with Gasteiger partial charge in [0.05, 0.1) is 5.60 Å². The predicted octanol–water partition coefficient (Wildman–Crippen LogP) is 3.90. The van der Waals surface area contributed by atoms with E-state index in [1.165, 1.54) is 70.8 Å². The first-order valence-corrected chi connectivity index (χ1v) is 7.59. The number of hydrogen-bond acceptors (Lipinski definition) is 2. The fourth-order valence-corrected chi connectivity index (χ4v) is 2.55. The van der Waals surface area contributed by atoms with Crippen LogP contribution in [0.3, 0.4) is 0 Å². The smallest absolute Gasteiger partial charge is 0.0802 e. The van der Waals surface area contributed by atoms with Crippen LogP contribution in [0.4, 0.5) is 0 Å². The van der Waals surface area contributed by atoms with Crippen molar-refractivity contribution in [2.45, 2.75) is 76.7 Å². The van der Waals surface area contributed by atoms with Crippen molar-refractivity contribution in [2.75, 3.05) is 20.2 Å². The lowest BCUT2D eigenvalue weighted by Gasteiger charge is -2.40. The summed E-state index contributed by atoms with van der Waals surface area (Å²) in [7, 11) is 1.86. The Hall–Kier alpha value is -0.0800. The molecule has 1 N–H and O–H groups in total. The Labute approximate surface area is 108 Å². The molecule has 0 saturated heterocycles. The molecule has 1 rings (SSSR count). The van der Waals surface area contributed by atoms with Gasteiger partial charge in [-0.15, -0.1) is 0 Å². The highest BCUT2D eigenvalue weighted by Crippen LogP contribution is 2.34. The van der Waals surface area contributed by atoms with Crippen molar-refractivity contribution in [1.29, 1.82) is 0 Å². The molecule has 0 heterocycles. The summed E-state index contributed by atoms with van der Waals surface area (Å²) in [5, 5.41) is 3.56. The molecule has 0 spiro atoms. The SMILES string of the molecule is CCCCCCCCCNCC1(OC)CCC1. The Morgan fingerprint density at radius 3 is 2.18 bits per heavy atom. The Balaban J connectivity index is 1.81. The molecule has 0 aliphatic heterocycles. The van der Waals surface area contributed by atoms with Crippen LogP contribution in [0.15, 0.2) is 0 Å². The highest BCUT2D eigenvalue weighted by atomic mass is 16.5. The van der Waals surface area contributed by atoms with Gasteiger partial charge in [-0.1, -0.05) is 45.4 Å². The van der Waals surface area contributed by atoms with E-state index >= 15 is 0 Å². The van der Waals surface area contributed by atoms with Gasteiger partial charge in [-0.2, -0.15) is 0 Å². The summed E-state index contributed by atoms with van der Waals surface area (Å²) in [6.45, 7) is 4.49. The average Bonchev–Trinajstić information content (AvgIpc) is 2.30. The molecule has 1 aliphatic carbocycles. The fraction of sp³-hybridized carbons (Fsp3) is 1.00. The summed E-state index contributed by atoms with van der Waals surface area (Å²) in [5.41, 5.74) is 0.196. The lowest BCUT2D eigenvalue weighted by atomic mass is 9.80. The molecule has 2 heteroatoms. The zero-order chi connectivity index (χ0) is 12.4. The van der Waals surface area contributed by atoms with E-state index < -0.39 is 0 Å². The average molecular weight is 241 g/mol. The van der Waals surface area contributed by atoms with E-state index in [2.05, 4.69) is 12.2 Å². The first-order valence-electron chi connectivity index (χ1n) is 7.59. The Kier molecular flexibility index (Phi) is 7.87. The summed E-state index contributed by atoms with van der Waals surface area (Å²) >= 11 is 0. The molecule has 0 atom stereocenters. The van der Waals surface area contributed by atoms with Crippen LogP contribution in [-0.2, 0) is 4.74 Å². The van der Waals surface area contributed by atoms with E-state index in [0.717, 1.165) is 6.54 Å². The minimum atomic E-state index is 0.196. The molecule has 1 fully saturated rings. The van der Waals surface area contributed by atoms with Gasteiger partial charge in [0.15, 0.2) is 0 Å².